The monoisotopic (exact) mass is 252 g/mol. The molecule has 0 bridgehead atoms. The molecule has 1 atom stereocenters. The summed E-state index contributed by atoms with van der Waals surface area (Å²) in [7, 11) is 0. The average molecular weight is 252 g/mol. The van der Waals surface area contributed by atoms with Crippen molar-refractivity contribution >= 4 is 0 Å². The van der Waals surface area contributed by atoms with E-state index in [0.29, 0.717) is 18.2 Å². The minimum Gasteiger partial charge on any atom is -0.385 e. The Morgan fingerprint density at radius 1 is 1.22 bits per heavy atom. The lowest BCUT2D eigenvalue weighted by atomic mass is 9.91. The quantitative estimate of drug-likeness (QED) is 0.887. The highest BCUT2D eigenvalue weighted by atomic mass is 16.5. The van der Waals surface area contributed by atoms with Crippen LogP contribution in [-0.4, -0.2) is 15.2 Å². The highest BCUT2D eigenvalue weighted by Crippen LogP contribution is 2.30. The first-order valence-corrected chi connectivity index (χ1v) is 7.32. The average Bonchev–Trinajstić information content (AvgIpc) is 2.78. The lowest BCUT2D eigenvalue weighted by molar-refractivity contribution is 0.152. The first-order valence-electron chi connectivity index (χ1n) is 7.32. The van der Waals surface area contributed by atoms with E-state index in [1.54, 1.807) is 0 Å². The first-order chi connectivity index (χ1) is 8.81. The summed E-state index contributed by atoms with van der Waals surface area (Å²) in [5.41, 5.74) is 0. The van der Waals surface area contributed by atoms with Crippen molar-refractivity contribution in [3.05, 3.63) is 11.7 Å². The zero-order chi connectivity index (χ0) is 12.8. The molecule has 4 heteroatoms. The van der Waals surface area contributed by atoms with E-state index in [-0.39, 0.29) is 0 Å². The van der Waals surface area contributed by atoms with Crippen LogP contribution in [0.25, 0.3) is 0 Å². The van der Waals surface area contributed by atoms with E-state index in [1.165, 1.54) is 32.1 Å². The molecule has 1 aromatic rings. The summed E-state index contributed by atoms with van der Waals surface area (Å²) in [5, 5.41) is 13.8. The van der Waals surface area contributed by atoms with Gasteiger partial charge >= 0.3 is 0 Å². The summed E-state index contributed by atoms with van der Waals surface area (Å²) in [6, 6.07) is 0. The van der Waals surface area contributed by atoms with Gasteiger partial charge in [0.2, 0.25) is 5.89 Å². The molecule has 1 fully saturated rings. The molecule has 2 rings (SSSR count). The number of aromatic nitrogens is 2. The van der Waals surface area contributed by atoms with Crippen molar-refractivity contribution in [1.29, 1.82) is 0 Å². The zero-order valence-electron chi connectivity index (χ0n) is 11.3. The van der Waals surface area contributed by atoms with Gasteiger partial charge in [-0.2, -0.15) is 4.98 Å². The number of aliphatic hydroxyl groups excluding tert-OH is 1. The molecule has 0 amide bonds. The fourth-order valence-corrected chi connectivity index (χ4v) is 2.65. The Hall–Kier alpha value is -0.900. The minimum atomic E-state index is -0.568. The van der Waals surface area contributed by atoms with Crippen LogP contribution in [0.5, 0.6) is 0 Å². The van der Waals surface area contributed by atoms with Crippen molar-refractivity contribution in [3.63, 3.8) is 0 Å². The van der Waals surface area contributed by atoms with Crippen molar-refractivity contribution in [2.24, 2.45) is 0 Å². The second-order valence-corrected chi connectivity index (χ2v) is 5.34. The molecule has 18 heavy (non-hydrogen) atoms. The van der Waals surface area contributed by atoms with Gasteiger partial charge in [0, 0.05) is 5.92 Å². The largest absolute Gasteiger partial charge is 0.385 e. The number of hydrogen-bond donors (Lipinski definition) is 1. The second kappa shape index (κ2) is 6.88. The van der Waals surface area contributed by atoms with Gasteiger partial charge in [-0.05, 0) is 19.3 Å². The van der Waals surface area contributed by atoms with Crippen LogP contribution in [0.2, 0.25) is 0 Å². The lowest BCUT2D eigenvalue weighted by Crippen LogP contribution is -2.04. The third-order valence-corrected chi connectivity index (χ3v) is 3.77. The molecule has 1 aliphatic carbocycles. The summed E-state index contributed by atoms with van der Waals surface area (Å²) in [4.78, 5) is 4.40. The molecule has 102 valence electrons. The number of aliphatic hydroxyl groups is 1. The summed E-state index contributed by atoms with van der Waals surface area (Å²) in [5.74, 6) is 1.61. The van der Waals surface area contributed by atoms with Gasteiger partial charge in [0.1, 0.15) is 6.10 Å². The molecule has 0 aliphatic heterocycles. The van der Waals surface area contributed by atoms with Crippen LogP contribution in [0.4, 0.5) is 0 Å². The van der Waals surface area contributed by atoms with Crippen molar-refractivity contribution in [2.45, 2.75) is 76.7 Å². The van der Waals surface area contributed by atoms with E-state index >= 15 is 0 Å². The molecule has 1 saturated carbocycles. The molecule has 0 radical (unpaired) electrons. The fraction of sp³-hybridized carbons (Fsp3) is 0.857. The molecule has 1 N–H and O–H groups in total. The third kappa shape index (κ3) is 3.55. The highest BCUT2D eigenvalue weighted by Gasteiger charge is 2.22. The van der Waals surface area contributed by atoms with Crippen molar-refractivity contribution < 1.29 is 9.63 Å². The Bertz CT molecular complexity index is 343. The van der Waals surface area contributed by atoms with Crippen molar-refractivity contribution in [2.75, 3.05) is 0 Å². The second-order valence-electron chi connectivity index (χ2n) is 5.34. The molecular formula is C14H24N2O2. The van der Waals surface area contributed by atoms with Crippen molar-refractivity contribution in [1.82, 2.24) is 10.1 Å². The van der Waals surface area contributed by atoms with E-state index in [4.69, 9.17) is 4.52 Å². The molecule has 1 aromatic heterocycles. The maximum Gasteiger partial charge on any atom is 0.229 e. The summed E-state index contributed by atoms with van der Waals surface area (Å²) in [6.45, 7) is 2.04. The molecule has 0 spiro atoms. The molecule has 0 aromatic carbocycles. The Balaban J connectivity index is 1.98. The Morgan fingerprint density at radius 3 is 2.56 bits per heavy atom. The van der Waals surface area contributed by atoms with Crippen LogP contribution in [0.15, 0.2) is 4.52 Å². The number of nitrogens with zero attached hydrogens (tertiary/aromatic N) is 2. The van der Waals surface area contributed by atoms with Crippen LogP contribution < -0.4 is 0 Å². The Labute approximate surface area is 109 Å². The number of hydrogen-bond acceptors (Lipinski definition) is 4. The molecular weight excluding hydrogens is 228 g/mol. The predicted molar refractivity (Wildman–Crippen MR) is 69.2 cm³/mol. The highest BCUT2D eigenvalue weighted by molar-refractivity contribution is 4.96. The molecule has 4 nitrogen and oxygen atoms in total. The molecule has 0 saturated heterocycles. The lowest BCUT2D eigenvalue weighted by Gasteiger charge is -2.15. The van der Waals surface area contributed by atoms with Crippen LogP contribution >= 0.6 is 0 Å². The smallest absolute Gasteiger partial charge is 0.229 e. The summed E-state index contributed by atoms with van der Waals surface area (Å²) >= 11 is 0. The Kier molecular flexibility index (Phi) is 5.17. The summed E-state index contributed by atoms with van der Waals surface area (Å²) in [6.07, 6.45) is 9.83. The van der Waals surface area contributed by atoms with Crippen LogP contribution in [0, 0.1) is 0 Å². The fourth-order valence-electron chi connectivity index (χ4n) is 2.65. The van der Waals surface area contributed by atoms with E-state index in [0.717, 1.165) is 25.2 Å². The van der Waals surface area contributed by atoms with Gasteiger partial charge in [0.05, 0.1) is 0 Å². The van der Waals surface area contributed by atoms with E-state index in [1.807, 2.05) is 6.92 Å². The topological polar surface area (TPSA) is 59.2 Å². The maximum absolute atomic E-state index is 9.85. The molecule has 1 heterocycles. The normalized spacial score (nSPS) is 20.3. The zero-order valence-corrected chi connectivity index (χ0v) is 11.3. The minimum absolute atomic E-state index is 0.403. The molecule has 1 aliphatic rings. The van der Waals surface area contributed by atoms with Gasteiger partial charge in [0.15, 0.2) is 5.82 Å². The van der Waals surface area contributed by atoms with Gasteiger partial charge in [0.25, 0.3) is 0 Å². The van der Waals surface area contributed by atoms with Crippen LogP contribution in [0.3, 0.4) is 0 Å². The van der Waals surface area contributed by atoms with Crippen molar-refractivity contribution in [3.8, 4) is 0 Å². The maximum atomic E-state index is 9.85. The van der Waals surface area contributed by atoms with E-state index in [9.17, 15) is 5.11 Å². The third-order valence-electron chi connectivity index (χ3n) is 3.77. The van der Waals surface area contributed by atoms with Crippen LogP contribution in [0.1, 0.15) is 88.4 Å². The predicted octanol–water partition coefficient (Wildman–Crippen LogP) is 3.73. The van der Waals surface area contributed by atoms with Gasteiger partial charge < -0.3 is 9.63 Å². The van der Waals surface area contributed by atoms with Crippen LogP contribution in [-0.2, 0) is 0 Å². The van der Waals surface area contributed by atoms with Gasteiger partial charge in [-0.1, -0.05) is 50.6 Å². The SMILES string of the molecule is CCCC(O)c1noc(C2CCCCCCC2)n1. The summed E-state index contributed by atoms with van der Waals surface area (Å²) < 4.78 is 5.35. The standard InChI is InChI=1S/C14H24N2O2/c1-2-8-12(17)13-15-14(18-16-13)11-9-6-4-3-5-7-10-11/h11-12,17H,2-10H2,1H3. The van der Waals surface area contributed by atoms with Gasteiger partial charge in [-0.3, -0.25) is 0 Å². The molecule has 1 unspecified atom stereocenters. The Morgan fingerprint density at radius 2 is 1.89 bits per heavy atom. The first kappa shape index (κ1) is 13.5. The van der Waals surface area contributed by atoms with E-state index in [2.05, 4.69) is 10.1 Å². The van der Waals surface area contributed by atoms with Gasteiger partial charge in [-0.25, -0.2) is 0 Å². The van der Waals surface area contributed by atoms with E-state index < -0.39 is 6.10 Å². The number of rotatable bonds is 4. The van der Waals surface area contributed by atoms with Gasteiger partial charge in [-0.15, -0.1) is 0 Å².